The SMILES string of the molecule is COC(=O)c1ccccc1[C@H]1C[C@H](N)CCO1. The summed E-state index contributed by atoms with van der Waals surface area (Å²) < 4.78 is 10.5. The first-order valence-electron chi connectivity index (χ1n) is 5.76. The molecule has 92 valence electrons. The van der Waals surface area contributed by atoms with Crippen LogP contribution in [0, 0.1) is 0 Å². The van der Waals surface area contributed by atoms with Crippen LogP contribution in [0.5, 0.6) is 0 Å². The smallest absolute Gasteiger partial charge is 0.338 e. The standard InChI is InChI=1S/C13H17NO3/c1-16-13(15)11-5-3-2-4-10(11)12-8-9(14)6-7-17-12/h2-5,9,12H,6-8,14H2,1H3/t9-,12-/m1/s1. The van der Waals surface area contributed by atoms with Gasteiger partial charge in [0.25, 0.3) is 0 Å². The van der Waals surface area contributed by atoms with Gasteiger partial charge in [-0.15, -0.1) is 0 Å². The lowest BCUT2D eigenvalue weighted by Crippen LogP contribution is -2.31. The number of hydrogen-bond donors (Lipinski definition) is 1. The highest BCUT2D eigenvalue weighted by molar-refractivity contribution is 5.91. The Morgan fingerprint density at radius 3 is 2.94 bits per heavy atom. The van der Waals surface area contributed by atoms with Crippen LogP contribution in [0.15, 0.2) is 24.3 Å². The lowest BCUT2D eigenvalue weighted by Gasteiger charge is -2.28. The molecule has 0 radical (unpaired) electrons. The van der Waals surface area contributed by atoms with Gasteiger partial charge in [-0.3, -0.25) is 0 Å². The Kier molecular flexibility index (Phi) is 3.76. The van der Waals surface area contributed by atoms with E-state index in [4.69, 9.17) is 15.2 Å². The van der Waals surface area contributed by atoms with Gasteiger partial charge in [0.05, 0.1) is 18.8 Å². The molecule has 0 aromatic heterocycles. The minimum absolute atomic E-state index is 0.103. The van der Waals surface area contributed by atoms with Crippen molar-refractivity contribution in [3.8, 4) is 0 Å². The Hall–Kier alpha value is -1.39. The number of carbonyl (C=O) groups is 1. The van der Waals surface area contributed by atoms with Gasteiger partial charge in [-0.1, -0.05) is 18.2 Å². The molecular weight excluding hydrogens is 218 g/mol. The summed E-state index contributed by atoms with van der Waals surface area (Å²) in [6.45, 7) is 0.640. The number of benzene rings is 1. The van der Waals surface area contributed by atoms with Crippen molar-refractivity contribution in [2.24, 2.45) is 5.73 Å². The number of esters is 1. The highest BCUT2D eigenvalue weighted by Gasteiger charge is 2.25. The third-order valence-electron chi connectivity index (χ3n) is 3.04. The molecule has 2 N–H and O–H groups in total. The van der Waals surface area contributed by atoms with Crippen molar-refractivity contribution in [1.29, 1.82) is 0 Å². The molecule has 0 unspecified atom stereocenters. The van der Waals surface area contributed by atoms with Crippen molar-refractivity contribution in [2.75, 3.05) is 13.7 Å². The van der Waals surface area contributed by atoms with Crippen LogP contribution in [0.2, 0.25) is 0 Å². The number of methoxy groups -OCH3 is 1. The zero-order valence-corrected chi connectivity index (χ0v) is 9.89. The molecule has 1 aliphatic heterocycles. The van der Waals surface area contributed by atoms with Crippen molar-refractivity contribution < 1.29 is 14.3 Å². The van der Waals surface area contributed by atoms with E-state index in [1.54, 1.807) is 6.07 Å². The van der Waals surface area contributed by atoms with Crippen LogP contribution >= 0.6 is 0 Å². The maximum absolute atomic E-state index is 11.6. The highest BCUT2D eigenvalue weighted by Crippen LogP contribution is 2.29. The summed E-state index contributed by atoms with van der Waals surface area (Å²) >= 11 is 0. The van der Waals surface area contributed by atoms with Gasteiger partial charge in [-0.25, -0.2) is 4.79 Å². The van der Waals surface area contributed by atoms with Crippen molar-refractivity contribution in [2.45, 2.75) is 25.0 Å². The molecule has 0 aliphatic carbocycles. The minimum Gasteiger partial charge on any atom is -0.465 e. The fraction of sp³-hybridized carbons (Fsp3) is 0.462. The second kappa shape index (κ2) is 5.29. The average Bonchev–Trinajstić information content (AvgIpc) is 2.38. The predicted molar refractivity (Wildman–Crippen MR) is 63.7 cm³/mol. The van der Waals surface area contributed by atoms with E-state index in [-0.39, 0.29) is 18.1 Å². The van der Waals surface area contributed by atoms with E-state index in [0.717, 1.165) is 18.4 Å². The summed E-state index contributed by atoms with van der Waals surface area (Å²) in [6, 6.07) is 7.50. The third-order valence-corrected chi connectivity index (χ3v) is 3.04. The average molecular weight is 235 g/mol. The highest BCUT2D eigenvalue weighted by atomic mass is 16.5. The lowest BCUT2D eigenvalue weighted by atomic mass is 9.94. The van der Waals surface area contributed by atoms with Crippen molar-refractivity contribution in [3.05, 3.63) is 35.4 Å². The summed E-state index contributed by atoms with van der Waals surface area (Å²) in [4.78, 5) is 11.6. The van der Waals surface area contributed by atoms with Gasteiger partial charge in [0.15, 0.2) is 0 Å². The van der Waals surface area contributed by atoms with Gasteiger partial charge in [-0.05, 0) is 24.5 Å². The number of hydrogen-bond acceptors (Lipinski definition) is 4. The number of ether oxygens (including phenoxy) is 2. The van der Waals surface area contributed by atoms with E-state index in [9.17, 15) is 4.79 Å². The first-order chi connectivity index (χ1) is 8.22. The summed E-state index contributed by atoms with van der Waals surface area (Å²) in [7, 11) is 1.38. The van der Waals surface area contributed by atoms with Crippen molar-refractivity contribution in [3.63, 3.8) is 0 Å². The summed E-state index contributed by atoms with van der Waals surface area (Å²) in [6.07, 6.45) is 1.51. The fourth-order valence-electron chi connectivity index (χ4n) is 2.11. The first-order valence-corrected chi connectivity index (χ1v) is 5.76. The molecule has 2 atom stereocenters. The van der Waals surface area contributed by atoms with Gasteiger partial charge < -0.3 is 15.2 Å². The Balaban J connectivity index is 2.27. The predicted octanol–water partition coefficient (Wildman–Crippen LogP) is 1.65. The van der Waals surface area contributed by atoms with E-state index in [1.807, 2.05) is 18.2 Å². The minimum atomic E-state index is -0.330. The normalized spacial score (nSPS) is 24.4. The first kappa shape index (κ1) is 12.1. The Morgan fingerprint density at radius 1 is 1.47 bits per heavy atom. The molecule has 1 saturated heterocycles. The zero-order valence-electron chi connectivity index (χ0n) is 9.89. The molecule has 1 aromatic carbocycles. The molecular formula is C13H17NO3. The summed E-state index contributed by atoms with van der Waals surface area (Å²) in [5, 5.41) is 0. The van der Waals surface area contributed by atoms with E-state index < -0.39 is 0 Å². The van der Waals surface area contributed by atoms with Crippen LogP contribution in [-0.4, -0.2) is 25.7 Å². The van der Waals surface area contributed by atoms with E-state index in [0.29, 0.717) is 12.2 Å². The van der Waals surface area contributed by atoms with E-state index in [2.05, 4.69) is 0 Å². The number of rotatable bonds is 2. The van der Waals surface area contributed by atoms with Crippen LogP contribution < -0.4 is 5.73 Å². The van der Waals surface area contributed by atoms with Crippen LogP contribution in [0.4, 0.5) is 0 Å². The Labute approximate surface area is 101 Å². The van der Waals surface area contributed by atoms with Crippen molar-refractivity contribution >= 4 is 5.97 Å². The number of nitrogens with two attached hydrogens (primary N) is 1. The molecule has 4 nitrogen and oxygen atoms in total. The maximum atomic E-state index is 11.6. The Morgan fingerprint density at radius 2 is 2.24 bits per heavy atom. The van der Waals surface area contributed by atoms with Crippen LogP contribution in [0.25, 0.3) is 0 Å². The van der Waals surface area contributed by atoms with Gasteiger partial charge in [0.1, 0.15) is 0 Å². The molecule has 0 amide bonds. The molecule has 0 bridgehead atoms. The number of carbonyl (C=O) groups excluding carboxylic acids is 1. The second-order valence-electron chi connectivity index (χ2n) is 4.22. The molecule has 0 saturated carbocycles. The Bertz CT molecular complexity index is 405. The molecule has 1 heterocycles. The lowest BCUT2D eigenvalue weighted by molar-refractivity contribution is 0.00555. The molecule has 2 rings (SSSR count). The largest absolute Gasteiger partial charge is 0.465 e. The topological polar surface area (TPSA) is 61.5 Å². The molecule has 1 aliphatic rings. The van der Waals surface area contributed by atoms with Crippen molar-refractivity contribution in [1.82, 2.24) is 0 Å². The maximum Gasteiger partial charge on any atom is 0.338 e. The van der Waals surface area contributed by atoms with E-state index in [1.165, 1.54) is 7.11 Å². The van der Waals surface area contributed by atoms with Gasteiger partial charge in [-0.2, -0.15) is 0 Å². The van der Waals surface area contributed by atoms with Crippen LogP contribution in [0.3, 0.4) is 0 Å². The molecule has 1 fully saturated rings. The molecule has 1 aromatic rings. The second-order valence-corrected chi connectivity index (χ2v) is 4.22. The third kappa shape index (κ3) is 2.65. The van der Waals surface area contributed by atoms with Crippen LogP contribution in [0.1, 0.15) is 34.9 Å². The van der Waals surface area contributed by atoms with Gasteiger partial charge in [0.2, 0.25) is 0 Å². The quantitative estimate of drug-likeness (QED) is 0.792. The van der Waals surface area contributed by atoms with Gasteiger partial charge in [0, 0.05) is 12.6 Å². The summed E-state index contributed by atoms with van der Waals surface area (Å²) in [5.41, 5.74) is 7.36. The monoisotopic (exact) mass is 235 g/mol. The molecule has 17 heavy (non-hydrogen) atoms. The molecule has 0 spiro atoms. The van der Waals surface area contributed by atoms with Gasteiger partial charge >= 0.3 is 5.97 Å². The molecule has 4 heteroatoms. The van der Waals surface area contributed by atoms with Crippen LogP contribution in [-0.2, 0) is 9.47 Å². The van der Waals surface area contributed by atoms with E-state index >= 15 is 0 Å². The fourth-order valence-corrected chi connectivity index (χ4v) is 2.11. The zero-order chi connectivity index (χ0) is 12.3. The summed E-state index contributed by atoms with van der Waals surface area (Å²) in [5.74, 6) is -0.330.